The molecule has 0 radical (unpaired) electrons. The van der Waals surface area contributed by atoms with Gasteiger partial charge in [-0.3, -0.25) is 9.52 Å². The molecule has 3 N–H and O–H groups in total. The number of ether oxygens (including phenoxy) is 1. The molecule has 3 fully saturated rings. The lowest BCUT2D eigenvalue weighted by Crippen LogP contribution is -2.41. The number of morpholine rings is 1. The van der Waals surface area contributed by atoms with Gasteiger partial charge in [0.05, 0.1) is 47.7 Å². The fraction of sp³-hybridized carbons (Fsp3) is 0.519. The third-order valence-corrected chi connectivity index (χ3v) is 9.05. The minimum Gasteiger partial charge on any atom is -0.395 e. The number of piperidine rings is 1. The largest absolute Gasteiger partial charge is 0.395 e. The Labute approximate surface area is 223 Å². The highest BCUT2D eigenvalue weighted by Crippen LogP contribution is 2.54. The Kier molecular flexibility index (Phi) is 7.52. The average molecular weight is 547 g/mol. The van der Waals surface area contributed by atoms with E-state index in [0.29, 0.717) is 53.4 Å². The molecule has 2 aromatic rings. The standard InChI is InChI=1S/C27H35FN4O5S/c1-19-18-32(12-14-37-19)25-16-20(3-5-23(25)28)29-26(34)22-4-2-21(30-38(35,36)15-13-33)17-24(22)31-10-8-27(6-7-27)9-11-31/h2-5,16-17,19,30,33H,6-15,18H2,1H3,(H,29,34). The molecule has 0 aromatic heterocycles. The van der Waals surface area contributed by atoms with Gasteiger partial charge in [0.2, 0.25) is 10.0 Å². The van der Waals surface area contributed by atoms with E-state index in [-0.39, 0.29) is 17.8 Å². The van der Waals surface area contributed by atoms with Crippen LogP contribution in [0.25, 0.3) is 0 Å². The van der Waals surface area contributed by atoms with Gasteiger partial charge in [-0.05, 0) is 74.4 Å². The highest BCUT2D eigenvalue weighted by Gasteiger charge is 2.44. The van der Waals surface area contributed by atoms with Gasteiger partial charge in [0.25, 0.3) is 5.91 Å². The van der Waals surface area contributed by atoms with Gasteiger partial charge in [-0.2, -0.15) is 0 Å². The van der Waals surface area contributed by atoms with Gasteiger partial charge < -0.3 is 25.0 Å². The number of hydrogen-bond donors (Lipinski definition) is 3. The first-order chi connectivity index (χ1) is 18.2. The van der Waals surface area contributed by atoms with Crippen LogP contribution in [0.5, 0.6) is 0 Å². The van der Waals surface area contributed by atoms with Crippen molar-refractivity contribution in [2.45, 2.75) is 38.7 Å². The summed E-state index contributed by atoms with van der Waals surface area (Å²) in [6, 6.07) is 9.36. The number of carbonyl (C=O) groups is 1. The molecule has 206 valence electrons. The number of amides is 1. The Bertz CT molecular complexity index is 1290. The van der Waals surface area contributed by atoms with E-state index in [0.717, 1.165) is 25.9 Å². The van der Waals surface area contributed by atoms with E-state index in [1.54, 1.807) is 24.3 Å². The number of sulfonamides is 1. The molecule has 1 unspecified atom stereocenters. The van der Waals surface area contributed by atoms with Crippen LogP contribution in [0.1, 0.15) is 43.0 Å². The fourth-order valence-electron chi connectivity index (χ4n) is 5.37. The summed E-state index contributed by atoms with van der Waals surface area (Å²) in [5.41, 5.74) is 2.71. The highest BCUT2D eigenvalue weighted by molar-refractivity contribution is 7.92. The van der Waals surface area contributed by atoms with E-state index >= 15 is 0 Å². The molecule has 3 aliphatic rings. The molecule has 9 nitrogen and oxygen atoms in total. The number of aliphatic hydroxyl groups is 1. The van der Waals surface area contributed by atoms with Crippen LogP contribution in [-0.2, 0) is 14.8 Å². The van der Waals surface area contributed by atoms with Gasteiger partial charge in [0, 0.05) is 31.9 Å². The van der Waals surface area contributed by atoms with Crippen molar-refractivity contribution in [3.8, 4) is 0 Å². The van der Waals surface area contributed by atoms with Crippen LogP contribution >= 0.6 is 0 Å². The van der Waals surface area contributed by atoms with Crippen LogP contribution in [0, 0.1) is 11.2 Å². The number of nitrogens with one attached hydrogen (secondary N) is 2. The van der Waals surface area contributed by atoms with E-state index < -0.39 is 22.4 Å². The van der Waals surface area contributed by atoms with Crippen molar-refractivity contribution in [2.24, 2.45) is 5.41 Å². The van der Waals surface area contributed by atoms with Crippen LogP contribution < -0.4 is 19.8 Å². The molecule has 2 saturated heterocycles. The first-order valence-corrected chi connectivity index (χ1v) is 14.8. The average Bonchev–Trinajstić information content (AvgIpc) is 3.64. The topological polar surface area (TPSA) is 111 Å². The molecule has 11 heteroatoms. The smallest absolute Gasteiger partial charge is 0.257 e. The van der Waals surface area contributed by atoms with E-state index in [9.17, 15) is 17.6 Å². The second-order valence-corrected chi connectivity index (χ2v) is 12.5. The quantitative estimate of drug-likeness (QED) is 0.465. The second kappa shape index (κ2) is 10.7. The van der Waals surface area contributed by atoms with Crippen LogP contribution in [0.15, 0.2) is 36.4 Å². The van der Waals surface area contributed by atoms with Crippen LogP contribution in [-0.4, -0.2) is 70.7 Å². The summed E-state index contributed by atoms with van der Waals surface area (Å²) in [5.74, 6) is -1.13. The van der Waals surface area contributed by atoms with Crippen LogP contribution in [0.3, 0.4) is 0 Å². The molecular formula is C27H35FN4O5S. The Balaban J connectivity index is 1.40. The summed E-state index contributed by atoms with van der Waals surface area (Å²) in [6.45, 7) is 4.64. The van der Waals surface area contributed by atoms with E-state index in [1.807, 2.05) is 11.8 Å². The molecule has 2 aliphatic heterocycles. The molecule has 0 bridgehead atoms. The predicted molar refractivity (Wildman–Crippen MR) is 146 cm³/mol. The second-order valence-electron chi connectivity index (χ2n) is 10.6. The van der Waals surface area contributed by atoms with Gasteiger partial charge in [0.1, 0.15) is 5.82 Å². The maximum absolute atomic E-state index is 14.7. The number of rotatable bonds is 8. The fourth-order valence-corrected chi connectivity index (χ4v) is 6.20. The van der Waals surface area contributed by atoms with Gasteiger partial charge >= 0.3 is 0 Å². The van der Waals surface area contributed by atoms with Crippen molar-refractivity contribution in [1.82, 2.24) is 0 Å². The minimum atomic E-state index is -3.71. The zero-order valence-corrected chi connectivity index (χ0v) is 22.4. The third kappa shape index (κ3) is 6.05. The van der Waals surface area contributed by atoms with Crippen molar-refractivity contribution in [2.75, 3.05) is 65.0 Å². The first-order valence-electron chi connectivity index (χ1n) is 13.1. The van der Waals surface area contributed by atoms with Crippen LogP contribution in [0.4, 0.5) is 27.1 Å². The maximum atomic E-state index is 14.7. The Morgan fingerprint density at radius 1 is 1.05 bits per heavy atom. The maximum Gasteiger partial charge on any atom is 0.257 e. The summed E-state index contributed by atoms with van der Waals surface area (Å²) < 4.78 is 47.2. The Hall–Kier alpha value is -2.89. The van der Waals surface area contributed by atoms with Crippen molar-refractivity contribution in [3.05, 3.63) is 47.8 Å². The molecule has 1 aliphatic carbocycles. The van der Waals surface area contributed by atoms with Crippen LogP contribution in [0.2, 0.25) is 0 Å². The van der Waals surface area contributed by atoms with E-state index in [4.69, 9.17) is 9.84 Å². The van der Waals surface area contributed by atoms with Crippen molar-refractivity contribution in [3.63, 3.8) is 0 Å². The van der Waals surface area contributed by atoms with Crippen molar-refractivity contribution >= 4 is 38.7 Å². The monoisotopic (exact) mass is 546 g/mol. The third-order valence-electron chi connectivity index (χ3n) is 7.78. The Morgan fingerprint density at radius 2 is 1.76 bits per heavy atom. The summed E-state index contributed by atoms with van der Waals surface area (Å²) >= 11 is 0. The number of hydrogen-bond acceptors (Lipinski definition) is 7. The first kappa shape index (κ1) is 26.7. The molecule has 5 rings (SSSR count). The van der Waals surface area contributed by atoms with Crippen molar-refractivity contribution in [1.29, 1.82) is 0 Å². The highest BCUT2D eigenvalue weighted by atomic mass is 32.2. The van der Waals surface area contributed by atoms with Gasteiger partial charge in [-0.1, -0.05) is 0 Å². The zero-order chi connectivity index (χ0) is 26.9. The summed E-state index contributed by atoms with van der Waals surface area (Å²) in [6.07, 6.45) is 4.53. The number of aliphatic hydroxyl groups excluding tert-OH is 1. The van der Waals surface area contributed by atoms with Crippen molar-refractivity contribution < 1.29 is 27.4 Å². The molecule has 1 amide bonds. The number of benzene rings is 2. The zero-order valence-electron chi connectivity index (χ0n) is 21.6. The number of anilines is 4. The van der Waals surface area contributed by atoms with E-state index in [2.05, 4.69) is 14.9 Å². The van der Waals surface area contributed by atoms with Gasteiger partial charge in [-0.15, -0.1) is 0 Å². The number of nitrogens with zero attached hydrogens (tertiary/aromatic N) is 2. The minimum absolute atomic E-state index is 0.0170. The normalized spacial score (nSPS) is 20.9. The summed E-state index contributed by atoms with van der Waals surface area (Å²) in [4.78, 5) is 17.6. The predicted octanol–water partition coefficient (Wildman–Crippen LogP) is 3.42. The lowest BCUT2D eigenvalue weighted by molar-refractivity contribution is 0.0530. The van der Waals surface area contributed by atoms with Gasteiger partial charge in [0.15, 0.2) is 0 Å². The molecule has 1 spiro atoms. The summed E-state index contributed by atoms with van der Waals surface area (Å²) in [5, 5.41) is 12.0. The molecular weight excluding hydrogens is 511 g/mol. The SMILES string of the molecule is CC1CN(c2cc(NC(=O)c3ccc(NS(=O)(=O)CCO)cc3N3CCC4(CC3)CC4)ccc2F)CCO1. The molecule has 1 atom stereocenters. The molecule has 1 saturated carbocycles. The van der Waals surface area contributed by atoms with E-state index in [1.165, 1.54) is 25.0 Å². The molecule has 38 heavy (non-hydrogen) atoms. The Morgan fingerprint density at radius 3 is 2.45 bits per heavy atom. The molecule has 2 heterocycles. The lowest BCUT2D eigenvalue weighted by Gasteiger charge is -2.35. The van der Waals surface area contributed by atoms with Gasteiger partial charge in [-0.25, -0.2) is 12.8 Å². The summed E-state index contributed by atoms with van der Waals surface area (Å²) in [7, 11) is -3.71. The molecule has 2 aromatic carbocycles. The number of halogens is 1. The number of carbonyl (C=O) groups excluding carboxylic acids is 1. The lowest BCUT2D eigenvalue weighted by atomic mass is 9.93.